The number of fused-ring (bicyclic) bond motifs is 2. The SMILES string of the molecule is COc1ccc2c(c1)CCC1=C2C(C)CP1(=O)O. The fourth-order valence-corrected chi connectivity index (χ4v) is 5.52. The van der Waals surface area contributed by atoms with Gasteiger partial charge in [-0.3, -0.25) is 4.57 Å². The van der Waals surface area contributed by atoms with Gasteiger partial charge in [0.25, 0.3) is 0 Å². The topological polar surface area (TPSA) is 46.5 Å². The molecule has 3 rings (SSSR count). The van der Waals surface area contributed by atoms with Crippen molar-refractivity contribution in [3.8, 4) is 5.75 Å². The highest BCUT2D eigenvalue weighted by molar-refractivity contribution is 7.63. The number of methoxy groups -OCH3 is 1. The first kappa shape index (κ1) is 12.0. The molecule has 3 nitrogen and oxygen atoms in total. The van der Waals surface area contributed by atoms with Crippen molar-refractivity contribution in [2.45, 2.75) is 19.8 Å². The molecule has 1 aromatic carbocycles. The number of benzene rings is 1. The first-order valence-corrected chi connectivity index (χ1v) is 8.10. The molecule has 1 heterocycles. The number of hydrogen-bond donors (Lipinski definition) is 1. The standard InChI is InChI=1S/C14H17O3P/c1-9-8-18(15,16)13-6-3-10-7-11(17-2)4-5-12(10)14(9)13/h4-5,7,9H,3,6,8H2,1-2H3,(H,15,16). The molecule has 0 spiro atoms. The number of aryl methyl sites for hydroxylation is 1. The van der Waals surface area contributed by atoms with Crippen LogP contribution in [-0.4, -0.2) is 18.2 Å². The van der Waals surface area contributed by atoms with Crippen molar-refractivity contribution >= 4 is 12.9 Å². The summed E-state index contributed by atoms with van der Waals surface area (Å²) in [5, 5.41) is 0.813. The zero-order valence-corrected chi connectivity index (χ0v) is 11.5. The van der Waals surface area contributed by atoms with E-state index in [-0.39, 0.29) is 5.92 Å². The zero-order valence-electron chi connectivity index (χ0n) is 10.6. The van der Waals surface area contributed by atoms with E-state index < -0.39 is 7.37 Å². The van der Waals surface area contributed by atoms with Gasteiger partial charge in [0.05, 0.1) is 7.11 Å². The van der Waals surface area contributed by atoms with E-state index in [9.17, 15) is 9.46 Å². The molecule has 18 heavy (non-hydrogen) atoms. The van der Waals surface area contributed by atoms with Crippen LogP contribution in [0.4, 0.5) is 0 Å². The smallest absolute Gasteiger partial charge is 0.226 e. The molecule has 0 radical (unpaired) electrons. The molecule has 0 amide bonds. The third-order valence-electron chi connectivity index (χ3n) is 3.98. The first-order chi connectivity index (χ1) is 8.53. The van der Waals surface area contributed by atoms with Crippen molar-refractivity contribution in [3.63, 3.8) is 0 Å². The molecule has 0 aromatic heterocycles. The van der Waals surface area contributed by atoms with Gasteiger partial charge in [0.1, 0.15) is 5.75 Å². The molecule has 0 bridgehead atoms. The van der Waals surface area contributed by atoms with Gasteiger partial charge in [0.15, 0.2) is 0 Å². The van der Waals surface area contributed by atoms with Crippen molar-refractivity contribution in [3.05, 3.63) is 34.6 Å². The molecule has 1 aliphatic heterocycles. The highest BCUT2D eigenvalue weighted by Gasteiger charge is 2.41. The first-order valence-electron chi connectivity index (χ1n) is 6.25. The molecule has 0 saturated heterocycles. The van der Waals surface area contributed by atoms with Gasteiger partial charge < -0.3 is 9.63 Å². The Balaban J connectivity index is 2.17. The third kappa shape index (κ3) is 1.65. The highest BCUT2D eigenvalue weighted by Crippen LogP contribution is 2.64. The molecule has 2 aliphatic rings. The van der Waals surface area contributed by atoms with Crippen LogP contribution in [0.25, 0.3) is 5.57 Å². The van der Waals surface area contributed by atoms with Crippen molar-refractivity contribution in [1.29, 1.82) is 0 Å². The molecule has 1 aromatic rings. The Morgan fingerprint density at radius 2 is 2.17 bits per heavy atom. The zero-order chi connectivity index (χ0) is 12.9. The molecule has 0 saturated carbocycles. The summed E-state index contributed by atoms with van der Waals surface area (Å²) >= 11 is 0. The van der Waals surface area contributed by atoms with Crippen LogP contribution >= 0.6 is 7.37 Å². The predicted octanol–water partition coefficient (Wildman–Crippen LogP) is 3.27. The molecule has 0 fully saturated rings. The molecule has 4 heteroatoms. The maximum Gasteiger partial charge on any atom is 0.226 e. The lowest BCUT2D eigenvalue weighted by Gasteiger charge is -2.21. The number of allylic oxidation sites excluding steroid dienone is 2. The fraction of sp³-hybridized carbons (Fsp3) is 0.429. The largest absolute Gasteiger partial charge is 0.497 e. The molecule has 1 N–H and O–H groups in total. The van der Waals surface area contributed by atoms with Gasteiger partial charge in [-0.05, 0) is 47.6 Å². The van der Waals surface area contributed by atoms with Crippen LogP contribution in [0.3, 0.4) is 0 Å². The summed E-state index contributed by atoms with van der Waals surface area (Å²) in [7, 11) is -1.39. The van der Waals surface area contributed by atoms with E-state index in [0.29, 0.717) is 12.6 Å². The fourth-order valence-electron chi connectivity index (χ4n) is 3.20. The Morgan fingerprint density at radius 3 is 2.89 bits per heavy atom. The Morgan fingerprint density at radius 1 is 1.39 bits per heavy atom. The Hall–Kier alpha value is -1.05. The number of ether oxygens (including phenoxy) is 1. The number of rotatable bonds is 1. The predicted molar refractivity (Wildman–Crippen MR) is 72.1 cm³/mol. The normalized spacial score (nSPS) is 30.1. The Kier molecular flexibility index (Phi) is 2.65. The lowest BCUT2D eigenvalue weighted by Crippen LogP contribution is -2.05. The van der Waals surface area contributed by atoms with Crippen LogP contribution in [0, 0.1) is 5.92 Å². The number of hydrogen-bond acceptors (Lipinski definition) is 2. The van der Waals surface area contributed by atoms with Gasteiger partial charge in [-0.15, -0.1) is 0 Å². The molecular weight excluding hydrogens is 247 g/mol. The van der Waals surface area contributed by atoms with E-state index in [1.54, 1.807) is 7.11 Å². The summed E-state index contributed by atoms with van der Waals surface area (Å²) in [6.45, 7) is 2.05. The lowest BCUT2D eigenvalue weighted by atomic mass is 9.85. The Bertz CT molecular complexity index is 589. The van der Waals surface area contributed by atoms with E-state index in [2.05, 4.69) is 0 Å². The van der Waals surface area contributed by atoms with Crippen LogP contribution < -0.4 is 4.74 Å². The molecule has 2 atom stereocenters. The maximum atomic E-state index is 12.2. The second kappa shape index (κ2) is 3.97. The molecular formula is C14H17O3P. The van der Waals surface area contributed by atoms with E-state index in [1.807, 2.05) is 25.1 Å². The maximum absolute atomic E-state index is 12.2. The van der Waals surface area contributed by atoms with Gasteiger partial charge in [-0.2, -0.15) is 0 Å². The summed E-state index contributed by atoms with van der Waals surface area (Å²) in [5.74, 6) is 1.04. The van der Waals surface area contributed by atoms with Gasteiger partial charge in [0, 0.05) is 11.5 Å². The monoisotopic (exact) mass is 264 g/mol. The summed E-state index contributed by atoms with van der Waals surface area (Å²) in [4.78, 5) is 10.1. The molecule has 1 aliphatic carbocycles. The summed E-state index contributed by atoms with van der Waals surface area (Å²) in [6.07, 6.45) is 1.96. The minimum Gasteiger partial charge on any atom is -0.497 e. The van der Waals surface area contributed by atoms with Gasteiger partial charge in [-0.1, -0.05) is 13.0 Å². The minimum atomic E-state index is -3.06. The second-order valence-corrected chi connectivity index (χ2v) is 7.48. The van der Waals surface area contributed by atoms with Crippen LogP contribution in [0.1, 0.15) is 24.5 Å². The van der Waals surface area contributed by atoms with Gasteiger partial charge >= 0.3 is 0 Å². The van der Waals surface area contributed by atoms with Crippen molar-refractivity contribution in [2.24, 2.45) is 5.92 Å². The summed E-state index contributed by atoms with van der Waals surface area (Å²) < 4.78 is 17.4. The summed E-state index contributed by atoms with van der Waals surface area (Å²) in [5.41, 5.74) is 3.50. The summed E-state index contributed by atoms with van der Waals surface area (Å²) in [6, 6.07) is 6.01. The lowest BCUT2D eigenvalue weighted by molar-refractivity contribution is 0.414. The van der Waals surface area contributed by atoms with Crippen molar-refractivity contribution < 1.29 is 14.2 Å². The third-order valence-corrected chi connectivity index (χ3v) is 6.33. The Labute approximate surface area is 107 Å². The van der Waals surface area contributed by atoms with Gasteiger partial charge in [-0.25, -0.2) is 0 Å². The average molecular weight is 264 g/mol. The molecule has 96 valence electrons. The highest BCUT2D eigenvalue weighted by atomic mass is 31.2. The quantitative estimate of drug-likeness (QED) is 0.792. The van der Waals surface area contributed by atoms with Crippen molar-refractivity contribution in [2.75, 3.05) is 13.3 Å². The van der Waals surface area contributed by atoms with Crippen LogP contribution in [0.5, 0.6) is 5.75 Å². The van der Waals surface area contributed by atoms with Gasteiger partial charge in [0.2, 0.25) is 7.37 Å². The second-order valence-electron chi connectivity index (χ2n) is 5.17. The van der Waals surface area contributed by atoms with E-state index in [4.69, 9.17) is 4.74 Å². The van der Waals surface area contributed by atoms with Crippen LogP contribution in [0.15, 0.2) is 23.5 Å². The van der Waals surface area contributed by atoms with Crippen LogP contribution in [0.2, 0.25) is 0 Å². The van der Waals surface area contributed by atoms with Crippen molar-refractivity contribution in [1.82, 2.24) is 0 Å². The van der Waals surface area contributed by atoms with E-state index in [0.717, 1.165) is 28.6 Å². The molecule has 2 unspecified atom stereocenters. The minimum absolute atomic E-state index is 0.184. The van der Waals surface area contributed by atoms with E-state index >= 15 is 0 Å². The van der Waals surface area contributed by atoms with Crippen LogP contribution in [-0.2, 0) is 11.0 Å². The van der Waals surface area contributed by atoms with E-state index in [1.165, 1.54) is 5.56 Å². The average Bonchev–Trinajstić information content (AvgIpc) is 2.59.